The molecule has 7 heteroatoms. The van der Waals surface area contributed by atoms with E-state index in [2.05, 4.69) is 60.5 Å². The molecule has 0 saturated heterocycles. The molecule has 1 aromatic carbocycles. The molecule has 1 heterocycles. The molecule has 1 aromatic heterocycles. The van der Waals surface area contributed by atoms with Gasteiger partial charge in [0.15, 0.2) is 0 Å². The van der Waals surface area contributed by atoms with E-state index in [-0.39, 0.29) is 0 Å². The van der Waals surface area contributed by atoms with Crippen molar-refractivity contribution in [2.45, 2.75) is 0 Å². The molecule has 0 saturated carbocycles. The second kappa shape index (κ2) is 5.08. The molecule has 0 fully saturated rings. The lowest BCUT2D eigenvalue weighted by molar-refractivity contribution is 0.467. The maximum absolute atomic E-state index is 9.60. The fraction of sp³-hybridized carbons (Fsp3) is 0. The Labute approximate surface area is 119 Å². The van der Waals surface area contributed by atoms with Crippen molar-refractivity contribution >= 4 is 51.4 Å². The highest BCUT2D eigenvalue weighted by molar-refractivity contribution is 14.1. The summed E-state index contributed by atoms with van der Waals surface area (Å²) < 4.78 is 3.11. The number of phenolic OH excluding ortho intramolecular Hbond substituents is 1. The first-order valence-corrected chi connectivity index (χ1v) is 6.39. The summed E-state index contributed by atoms with van der Waals surface area (Å²) in [6, 6.07) is 3.71. The smallest absolute Gasteiger partial charge is 0.142 e. The maximum atomic E-state index is 9.60. The monoisotopic (exact) mass is 440 g/mol. The average Bonchev–Trinajstić information content (AvgIpc) is 2.75. The Bertz CT molecular complexity index is 501. The van der Waals surface area contributed by atoms with Crippen LogP contribution in [0.5, 0.6) is 5.75 Å². The first-order chi connectivity index (χ1) is 7.66. The molecule has 0 spiro atoms. The van der Waals surface area contributed by atoms with Gasteiger partial charge in [0.25, 0.3) is 0 Å². The number of aromatic nitrogens is 3. The number of hydrogen-bond acceptors (Lipinski definition) is 4. The number of benzene rings is 1. The van der Waals surface area contributed by atoms with Gasteiger partial charge in [0.2, 0.25) is 0 Å². The Kier molecular flexibility index (Phi) is 3.74. The molecule has 0 aliphatic heterocycles. The molecule has 82 valence electrons. The van der Waals surface area contributed by atoms with E-state index in [1.807, 2.05) is 12.1 Å². The topological polar surface area (TPSA) is 63.3 Å². The molecule has 0 bridgehead atoms. The number of rotatable bonds is 2. The third-order valence-electron chi connectivity index (χ3n) is 1.79. The fourth-order valence-corrected chi connectivity index (χ4v) is 2.86. The summed E-state index contributed by atoms with van der Waals surface area (Å²) in [5, 5.41) is 21.0. The minimum Gasteiger partial charge on any atom is -0.506 e. The molecule has 2 rings (SSSR count). The number of halogens is 2. The standard InChI is InChI=1S/C9H6I2N4O/c10-7-1-6(2-8(11)9(7)16)3-14-15-4-12-13-5-15/h1-5,16H/b14-3-. The Hall–Kier alpha value is -0.710. The van der Waals surface area contributed by atoms with Gasteiger partial charge in [0.1, 0.15) is 18.4 Å². The van der Waals surface area contributed by atoms with Gasteiger partial charge in [0, 0.05) is 0 Å². The Morgan fingerprint density at radius 1 is 1.19 bits per heavy atom. The second-order valence-corrected chi connectivity index (χ2v) is 5.24. The van der Waals surface area contributed by atoms with Crippen LogP contribution in [0.3, 0.4) is 0 Å². The molecule has 16 heavy (non-hydrogen) atoms. The summed E-state index contributed by atoms with van der Waals surface area (Å²) in [4.78, 5) is 0. The zero-order chi connectivity index (χ0) is 11.5. The number of phenols is 1. The van der Waals surface area contributed by atoms with Crippen molar-refractivity contribution < 1.29 is 5.11 Å². The summed E-state index contributed by atoms with van der Waals surface area (Å²) in [6.45, 7) is 0. The van der Waals surface area contributed by atoms with Gasteiger partial charge in [-0.05, 0) is 62.9 Å². The lowest BCUT2D eigenvalue weighted by Gasteiger charge is -2.01. The summed E-state index contributed by atoms with van der Waals surface area (Å²) in [5.41, 5.74) is 0.917. The van der Waals surface area contributed by atoms with E-state index < -0.39 is 0 Å². The molecule has 0 amide bonds. The zero-order valence-electron chi connectivity index (χ0n) is 7.88. The highest BCUT2D eigenvalue weighted by Crippen LogP contribution is 2.26. The van der Waals surface area contributed by atoms with E-state index in [0.717, 1.165) is 12.7 Å². The summed E-state index contributed by atoms with van der Waals surface area (Å²) in [6.07, 6.45) is 4.70. The van der Waals surface area contributed by atoms with Crippen LogP contribution in [0.4, 0.5) is 0 Å². The van der Waals surface area contributed by atoms with Gasteiger partial charge in [-0.3, -0.25) is 0 Å². The normalized spacial score (nSPS) is 11.1. The van der Waals surface area contributed by atoms with Crippen molar-refractivity contribution in [3.8, 4) is 5.75 Å². The Morgan fingerprint density at radius 3 is 2.31 bits per heavy atom. The summed E-state index contributed by atoms with van der Waals surface area (Å²) >= 11 is 4.16. The van der Waals surface area contributed by atoms with Gasteiger partial charge < -0.3 is 5.11 Å². The van der Waals surface area contributed by atoms with Crippen LogP contribution >= 0.6 is 45.2 Å². The van der Waals surface area contributed by atoms with Crippen LogP contribution in [0, 0.1) is 7.14 Å². The van der Waals surface area contributed by atoms with Crippen molar-refractivity contribution in [3.63, 3.8) is 0 Å². The van der Waals surface area contributed by atoms with E-state index >= 15 is 0 Å². The van der Waals surface area contributed by atoms with Gasteiger partial charge in [0.05, 0.1) is 13.4 Å². The van der Waals surface area contributed by atoms with Crippen LogP contribution in [-0.4, -0.2) is 26.2 Å². The second-order valence-electron chi connectivity index (χ2n) is 2.92. The first kappa shape index (κ1) is 11.8. The van der Waals surface area contributed by atoms with E-state index in [0.29, 0.717) is 5.75 Å². The van der Waals surface area contributed by atoms with Crippen LogP contribution in [-0.2, 0) is 0 Å². The highest BCUT2D eigenvalue weighted by atomic mass is 127. The van der Waals surface area contributed by atoms with Crippen LogP contribution in [0.15, 0.2) is 29.9 Å². The number of hydrogen-bond donors (Lipinski definition) is 1. The molecular formula is C9H6I2N4O. The summed E-state index contributed by atoms with van der Waals surface area (Å²) in [7, 11) is 0. The molecule has 0 aliphatic carbocycles. The largest absolute Gasteiger partial charge is 0.506 e. The third-order valence-corrected chi connectivity index (χ3v) is 3.43. The molecule has 0 radical (unpaired) electrons. The van der Waals surface area contributed by atoms with Gasteiger partial charge in [-0.25, -0.2) is 4.68 Å². The quantitative estimate of drug-likeness (QED) is 0.575. The molecule has 5 nitrogen and oxygen atoms in total. The third kappa shape index (κ3) is 2.70. The molecular weight excluding hydrogens is 434 g/mol. The van der Waals surface area contributed by atoms with Gasteiger partial charge >= 0.3 is 0 Å². The first-order valence-electron chi connectivity index (χ1n) is 4.24. The zero-order valence-corrected chi connectivity index (χ0v) is 12.2. The predicted octanol–water partition coefficient (Wildman–Crippen LogP) is 2.08. The minimum atomic E-state index is 0.308. The number of aromatic hydroxyl groups is 1. The van der Waals surface area contributed by atoms with Gasteiger partial charge in [-0.2, -0.15) is 5.10 Å². The molecule has 0 atom stereocenters. The van der Waals surface area contributed by atoms with Crippen LogP contribution in [0.25, 0.3) is 0 Å². The Morgan fingerprint density at radius 2 is 1.75 bits per heavy atom. The summed E-state index contributed by atoms with van der Waals surface area (Å²) in [5.74, 6) is 0.308. The highest BCUT2D eigenvalue weighted by Gasteiger charge is 2.04. The predicted molar refractivity (Wildman–Crippen MR) is 76.6 cm³/mol. The SMILES string of the molecule is Oc1c(I)cc(/C=N\n2cnnc2)cc1I. The number of nitrogens with zero attached hydrogens (tertiary/aromatic N) is 4. The van der Waals surface area contributed by atoms with Crippen LogP contribution in [0.1, 0.15) is 5.56 Å². The lowest BCUT2D eigenvalue weighted by Crippen LogP contribution is -1.90. The van der Waals surface area contributed by atoms with Gasteiger partial charge in [-0.15, -0.1) is 10.2 Å². The van der Waals surface area contributed by atoms with E-state index in [4.69, 9.17) is 0 Å². The molecule has 1 N–H and O–H groups in total. The molecule has 0 unspecified atom stereocenters. The van der Waals surface area contributed by atoms with Crippen LogP contribution < -0.4 is 0 Å². The van der Waals surface area contributed by atoms with Crippen molar-refractivity contribution in [1.29, 1.82) is 0 Å². The minimum absolute atomic E-state index is 0.308. The lowest BCUT2D eigenvalue weighted by atomic mass is 10.2. The van der Waals surface area contributed by atoms with Crippen LogP contribution in [0.2, 0.25) is 0 Å². The van der Waals surface area contributed by atoms with E-state index in [9.17, 15) is 5.11 Å². The van der Waals surface area contributed by atoms with Crippen molar-refractivity contribution in [1.82, 2.24) is 14.9 Å². The molecule has 0 aliphatic rings. The fourth-order valence-electron chi connectivity index (χ4n) is 1.05. The Balaban J connectivity index is 2.29. The van der Waals surface area contributed by atoms with Crippen molar-refractivity contribution in [3.05, 3.63) is 37.5 Å². The van der Waals surface area contributed by atoms with Gasteiger partial charge in [-0.1, -0.05) is 0 Å². The van der Waals surface area contributed by atoms with E-state index in [1.165, 1.54) is 17.3 Å². The van der Waals surface area contributed by atoms with E-state index in [1.54, 1.807) is 6.21 Å². The molecule has 2 aromatic rings. The van der Waals surface area contributed by atoms with Crippen molar-refractivity contribution in [2.24, 2.45) is 5.10 Å². The average molecular weight is 440 g/mol. The maximum Gasteiger partial charge on any atom is 0.142 e. The van der Waals surface area contributed by atoms with Crippen molar-refractivity contribution in [2.75, 3.05) is 0 Å².